The zero-order chi connectivity index (χ0) is 7.84. The molecule has 1 aliphatic rings. The quantitative estimate of drug-likeness (QED) is 0.427. The Morgan fingerprint density at radius 1 is 1.45 bits per heavy atom. The summed E-state index contributed by atoms with van der Waals surface area (Å²) in [5, 5.41) is 12.2. The highest BCUT2D eigenvalue weighted by Crippen LogP contribution is 2.45. The molecule has 1 aromatic rings. The molecule has 1 aromatic carbocycles. The highest BCUT2D eigenvalue weighted by Gasteiger charge is 2.18. The maximum Gasteiger partial charge on any atom is 0.175 e. The summed E-state index contributed by atoms with van der Waals surface area (Å²) in [6, 6.07) is 5.20. The average molecular weight is 184 g/mol. The molecular formula is C7H6NOS2. The Morgan fingerprint density at radius 3 is 3.09 bits per heavy atom. The lowest BCUT2D eigenvalue weighted by molar-refractivity contribution is 0.474. The van der Waals surface area contributed by atoms with Crippen LogP contribution in [-0.4, -0.2) is 5.11 Å². The summed E-state index contributed by atoms with van der Waals surface area (Å²) in [4.78, 5) is 1.02. The topological polar surface area (TPSA) is 32.3 Å². The van der Waals surface area contributed by atoms with Gasteiger partial charge in [-0.2, -0.15) is 0 Å². The molecule has 0 aromatic heterocycles. The summed E-state index contributed by atoms with van der Waals surface area (Å²) < 4.78 is 0.852. The minimum Gasteiger partial charge on any atom is -0.508 e. The van der Waals surface area contributed by atoms with Crippen LogP contribution in [0.25, 0.3) is 0 Å². The molecule has 0 atom stereocenters. The third-order valence-corrected chi connectivity index (χ3v) is 2.65. The smallest absolute Gasteiger partial charge is 0.175 e. The number of aromatic hydroxyl groups is 1. The van der Waals surface area contributed by atoms with Crippen molar-refractivity contribution in [2.24, 2.45) is 0 Å². The summed E-state index contributed by atoms with van der Waals surface area (Å²) >= 11 is 5.67. The van der Waals surface area contributed by atoms with Gasteiger partial charge in [-0.15, -0.1) is 12.6 Å². The predicted molar refractivity (Wildman–Crippen MR) is 49.8 cm³/mol. The van der Waals surface area contributed by atoms with E-state index in [1.807, 2.05) is 6.07 Å². The van der Waals surface area contributed by atoms with E-state index in [0.717, 1.165) is 15.3 Å². The summed E-state index contributed by atoms with van der Waals surface area (Å²) in [6.45, 7) is 0. The molecule has 0 fully saturated rings. The second-order valence-corrected chi connectivity index (χ2v) is 4.01. The molecule has 2 N–H and O–H groups in total. The maximum absolute atomic E-state index is 9.11. The van der Waals surface area contributed by atoms with E-state index < -0.39 is 0 Å². The van der Waals surface area contributed by atoms with Crippen LogP contribution in [0.2, 0.25) is 0 Å². The highest BCUT2D eigenvalue weighted by atomic mass is 32.2. The van der Waals surface area contributed by atoms with Gasteiger partial charge >= 0.3 is 0 Å². The fourth-order valence-corrected chi connectivity index (χ4v) is 2.14. The lowest BCUT2D eigenvalue weighted by atomic mass is 10.3. The number of thioether (sulfide) groups is 1. The molecule has 0 unspecified atom stereocenters. The van der Waals surface area contributed by atoms with Crippen molar-refractivity contribution in [3.8, 4) is 5.75 Å². The molecule has 2 nitrogen and oxygen atoms in total. The first kappa shape index (κ1) is 7.18. The molecule has 0 spiro atoms. The zero-order valence-electron chi connectivity index (χ0n) is 5.53. The first-order chi connectivity index (χ1) is 5.25. The van der Waals surface area contributed by atoms with Crippen LogP contribution in [0.1, 0.15) is 0 Å². The molecule has 2 rings (SSSR count). The Labute approximate surface area is 74.4 Å². The number of benzene rings is 1. The fourth-order valence-electron chi connectivity index (χ4n) is 0.944. The first-order valence-corrected chi connectivity index (χ1v) is 4.36. The molecule has 11 heavy (non-hydrogen) atoms. The summed E-state index contributed by atoms with van der Waals surface area (Å²) in [7, 11) is 0. The second-order valence-electron chi connectivity index (χ2n) is 2.21. The number of thiol groups is 1. The van der Waals surface area contributed by atoms with Gasteiger partial charge in [0.05, 0.1) is 5.69 Å². The number of hydrogen-bond donors (Lipinski definition) is 3. The normalized spacial score (nSPS) is 16.1. The van der Waals surface area contributed by atoms with Gasteiger partial charge in [0.1, 0.15) is 5.75 Å². The van der Waals surface area contributed by atoms with Crippen LogP contribution >= 0.6 is 24.4 Å². The number of phenols is 1. The first-order valence-electron chi connectivity index (χ1n) is 3.09. The van der Waals surface area contributed by atoms with Crippen molar-refractivity contribution in [3.63, 3.8) is 0 Å². The summed E-state index contributed by atoms with van der Waals surface area (Å²) in [5.74, 6) is 0.293. The Kier molecular flexibility index (Phi) is 1.65. The molecule has 4 heteroatoms. The minimum atomic E-state index is 0.293. The van der Waals surface area contributed by atoms with Crippen molar-refractivity contribution >= 4 is 30.1 Å². The molecule has 1 radical (unpaired) electrons. The Balaban J connectivity index is 2.43. The van der Waals surface area contributed by atoms with Crippen LogP contribution in [0.15, 0.2) is 23.1 Å². The number of rotatable bonds is 0. The van der Waals surface area contributed by atoms with Crippen LogP contribution in [0.5, 0.6) is 5.75 Å². The number of nitrogens with one attached hydrogen (secondary N) is 1. The van der Waals surface area contributed by atoms with E-state index in [1.54, 1.807) is 12.1 Å². The molecule has 1 aliphatic heterocycles. The van der Waals surface area contributed by atoms with Crippen LogP contribution < -0.4 is 5.32 Å². The third-order valence-electron chi connectivity index (χ3n) is 1.41. The number of anilines is 1. The lowest BCUT2D eigenvalue weighted by Crippen LogP contribution is -1.89. The summed E-state index contributed by atoms with van der Waals surface area (Å²) in [5.41, 5.74) is 1.01. The van der Waals surface area contributed by atoms with Gasteiger partial charge in [-0.3, -0.25) is 0 Å². The van der Waals surface area contributed by atoms with Crippen molar-refractivity contribution in [2.45, 2.75) is 4.90 Å². The molecule has 0 aliphatic carbocycles. The van der Waals surface area contributed by atoms with Crippen molar-refractivity contribution in [2.75, 3.05) is 5.32 Å². The molecule has 1 heterocycles. The van der Waals surface area contributed by atoms with Crippen molar-refractivity contribution in [3.05, 3.63) is 22.9 Å². The summed E-state index contributed by atoms with van der Waals surface area (Å²) in [6.07, 6.45) is 0. The Bertz CT molecular complexity index is 290. The largest absolute Gasteiger partial charge is 0.508 e. The SMILES string of the molecule is Oc1ccc2c(c1)S[C](S)N2. The van der Waals surface area contributed by atoms with Gasteiger partial charge in [-0.05, 0) is 18.2 Å². The lowest BCUT2D eigenvalue weighted by Gasteiger charge is -1.97. The molecular weight excluding hydrogens is 178 g/mol. The molecule has 0 amide bonds. The third kappa shape index (κ3) is 1.28. The molecule has 0 bridgehead atoms. The average Bonchev–Trinajstić information content (AvgIpc) is 2.27. The number of fused-ring (bicyclic) bond motifs is 1. The highest BCUT2D eigenvalue weighted by molar-refractivity contribution is 8.14. The van der Waals surface area contributed by atoms with Crippen molar-refractivity contribution in [1.29, 1.82) is 0 Å². The Morgan fingerprint density at radius 2 is 2.27 bits per heavy atom. The monoisotopic (exact) mass is 184 g/mol. The van der Waals surface area contributed by atoms with Gasteiger partial charge in [-0.25, -0.2) is 0 Å². The fraction of sp³-hybridized carbons (Fsp3) is 0. The zero-order valence-corrected chi connectivity index (χ0v) is 7.25. The van der Waals surface area contributed by atoms with Gasteiger partial charge in [0, 0.05) is 4.90 Å². The van der Waals surface area contributed by atoms with Gasteiger partial charge < -0.3 is 10.4 Å². The second kappa shape index (κ2) is 2.53. The van der Waals surface area contributed by atoms with Gasteiger partial charge in [-0.1, -0.05) is 11.8 Å². The van der Waals surface area contributed by atoms with E-state index in [2.05, 4.69) is 17.9 Å². The Hall–Kier alpha value is -0.480. The van der Waals surface area contributed by atoms with E-state index in [9.17, 15) is 0 Å². The van der Waals surface area contributed by atoms with Crippen molar-refractivity contribution < 1.29 is 5.11 Å². The molecule has 0 saturated heterocycles. The van der Waals surface area contributed by atoms with E-state index in [1.165, 1.54) is 11.8 Å². The van der Waals surface area contributed by atoms with Crippen LogP contribution in [0.3, 0.4) is 0 Å². The van der Waals surface area contributed by atoms with Crippen molar-refractivity contribution in [1.82, 2.24) is 0 Å². The molecule has 57 valence electrons. The van der Waals surface area contributed by atoms with Gasteiger partial charge in [0.25, 0.3) is 0 Å². The van der Waals surface area contributed by atoms with Crippen LogP contribution in [-0.2, 0) is 0 Å². The van der Waals surface area contributed by atoms with E-state index in [0.29, 0.717) is 5.75 Å². The minimum absolute atomic E-state index is 0.293. The molecule has 0 saturated carbocycles. The van der Waals surface area contributed by atoms with Crippen LogP contribution in [0.4, 0.5) is 5.69 Å². The maximum atomic E-state index is 9.11. The number of phenolic OH excluding ortho intramolecular Hbond substituents is 1. The van der Waals surface area contributed by atoms with Gasteiger partial charge in [0.15, 0.2) is 4.71 Å². The van der Waals surface area contributed by atoms with E-state index in [-0.39, 0.29) is 0 Å². The van der Waals surface area contributed by atoms with E-state index in [4.69, 9.17) is 5.11 Å². The van der Waals surface area contributed by atoms with Gasteiger partial charge in [0.2, 0.25) is 0 Å². The number of hydrogen-bond acceptors (Lipinski definition) is 4. The van der Waals surface area contributed by atoms with Crippen LogP contribution in [0, 0.1) is 4.71 Å². The predicted octanol–water partition coefficient (Wildman–Crippen LogP) is 2.29. The van der Waals surface area contributed by atoms with E-state index >= 15 is 0 Å². The standard InChI is InChI=1S/C7H6NOS2/c9-4-1-2-5-6(3-4)11-7(10)8-5/h1-3,8-10H.